The molecule has 0 aromatic carbocycles. The number of allylic oxidation sites excluding steroid dienone is 2. The number of hydrogen-bond acceptors (Lipinski definition) is 5. The lowest BCUT2D eigenvalue weighted by Gasteiger charge is -2.26. The zero-order valence-corrected chi connectivity index (χ0v) is 60.0. The number of rotatable bonds is 74. The zero-order chi connectivity index (χ0) is 62.6. The molecule has 0 aliphatic heterocycles. The van der Waals surface area contributed by atoms with Gasteiger partial charge in [-0.05, 0) is 38.5 Å². The molecule has 0 aliphatic rings. The van der Waals surface area contributed by atoms with Crippen LogP contribution in [0.4, 0.5) is 0 Å². The number of carbonyl (C=O) groups excluding carboxylic acids is 1. The molecule has 3 N–H and O–H groups in total. The van der Waals surface area contributed by atoms with Gasteiger partial charge in [0.1, 0.15) is 13.2 Å². The van der Waals surface area contributed by atoms with Crippen molar-refractivity contribution in [2.45, 2.75) is 437 Å². The van der Waals surface area contributed by atoms with Crippen molar-refractivity contribution in [3.63, 3.8) is 0 Å². The van der Waals surface area contributed by atoms with Crippen molar-refractivity contribution in [3.8, 4) is 0 Å². The van der Waals surface area contributed by atoms with Gasteiger partial charge >= 0.3 is 7.82 Å². The SMILES string of the molecule is CCCCCCCCCC/C=C\CCCCCCCCCCCCCCCCCCCCCCCCCCCC(=O)NC(COP(=O)(O)OCC[N+](C)(C)C)C(O)CCCCCCCCCCCCCCCCCCCCCCCCCCCCC. The first kappa shape index (κ1) is 85.2. The number of quaternary nitrogens is 1. The molecule has 9 heteroatoms. The molecule has 0 radical (unpaired) electrons. The van der Waals surface area contributed by atoms with E-state index in [4.69, 9.17) is 9.05 Å². The van der Waals surface area contributed by atoms with Crippen LogP contribution in [0.2, 0.25) is 0 Å². The molecular weight excluding hydrogens is 1080 g/mol. The average Bonchev–Trinajstić information content (AvgIpc) is 3.70. The summed E-state index contributed by atoms with van der Waals surface area (Å²) in [6.45, 7) is 4.97. The second kappa shape index (κ2) is 68.6. The van der Waals surface area contributed by atoms with Gasteiger partial charge in [-0.25, -0.2) is 4.57 Å². The van der Waals surface area contributed by atoms with E-state index < -0.39 is 20.0 Å². The van der Waals surface area contributed by atoms with Gasteiger partial charge in [0.15, 0.2) is 0 Å². The minimum absolute atomic E-state index is 0.0789. The average molecular weight is 1240 g/mol. The smallest absolute Gasteiger partial charge is 0.391 e. The number of likely N-dealkylation sites (N-methyl/N-ethyl adjacent to an activating group) is 1. The van der Waals surface area contributed by atoms with Gasteiger partial charge in [-0.2, -0.15) is 0 Å². The lowest BCUT2D eigenvalue weighted by atomic mass is 10.0. The van der Waals surface area contributed by atoms with Crippen LogP contribution in [0.1, 0.15) is 425 Å². The third-order valence-corrected chi connectivity index (χ3v) is 19.5. The molecule has 0 aromatic heterocycles. The zero-order valence-electron chi connectivity index (χ0n) is 59.1. The van der Waals surface area contributed by atoms with Crippen molar-refractivity contribution >= 4 is 13.7 Å². The summed E-state index contributed by atoms with van der Waals surface area (Å²) in [7, 11) is 1.64. The van der Waals surface area contributed by atoms with Crippen LogP contribution < -0.4 is 5.32 Å². The highest BCUT2D eigenvalue weighted by Crippen LogP contribution is 2.43. The fraction of sp³-hybridized carbons (Fsp3) is 0.961. The Bertz CT molecular complexity index is 1410. The van der Waals surface area contributed by atoms with Gasteiger partial charge in [-0.1, -0.05) is 392 Å². The van der Waals surface area contributed by atoms with Gasteiger partial charge in [0.2, 0.25) is 5.91 Å². The molecule has 0 aliphatic carbocycles. The first-order valence-electron chi connectivity index (χ1n) is 39.1. The number of nitrogens with one attached hydrogen (secondary N) is 1. The van der Waals surface area contributed by atoms with E-state index in [1.54, 1.807) is 0 Å². The molecule has 0 spiro atoms. The maximum absolute atomic E-state index is 13.1. The molecule has 514 valence electrons. The first-order chi connectivity index (χ1) is 42.0. The molecule has 0 heterocycles. The Labute approximate surface area is 539 Å². The van der Waals surface area contributed by atoms with Crippen LogP contribution in [0.15, 0.2) is 12.2 Å². The van der Waals surface area contributed by atoms with Gasteiger partial charge in [0.05, 0.1) is 39.9 Å². The molecule has 0 aromatic rings. The largest absolute Gasteiger partial charge is 0.472 e. The van der Waals surface area contributed by atoms with E-state index >= 15 is 0 Å². The minimum Gasteiger partial charge on any atom is -0.391 e. The van der Waals surface area contributed by atoms with E-state index in [-0.39, 0.29) is 19.1 Å². The van der Waals surface area contributed by atoms with Gasteiger partial charge < -0.3 is 19.8 Å². The van der Waals surface area contributed by atoms with Crippen molar-refractivity contribution in [1.82, 2.24) is 5.32 Å². The Hall–Kier alpha value is -0.760. The van der Waals surface area contributed by atoms with E-state index in [9.17, 15) is 19.4 Å². The Kier molecular flexibility index (Phi) is 68.0. The summed E-state index contributed by atoms with van der Waals surface area (Å²) in [6.07, 6.45) is 89.3. The summed E-state index contributed by atoms with van der Waals surface area (Å²) in [6, 6.07) is -0.759. The van der Waals surface area contributed by atoms with Crippen LogP contribution in [0.3, 0.4) is 0 Å². The first-order valence-corrected chi connectivity index (χ1v) is 40.5. The van der Waals surface area contributed by atoms with Gasteiger partial charge in [0, 0.05) is 6.42 Å². The third kappa shape index (κ3) is 70.7. The van der Waals surface area contributed by atoms with Crippen molar-refractivity contribution in [2.75, 3.05) is 40.9 Å². The van der Waals surface area contributed by atoms with Crippen molar-refractivity contribution in [2.24, 2.45) is 0 Å². The molecule has 0 saturated heterocycles. The number of phosphoric acid groups is 1. The number of aliphatic hydroxyl groups excluding tert-OH is 1. The highest BCUT2D eigenvalue weighted by Gasteiger charge is 2.28. The molecule has 0 fully saturated rings. The molecule has 3 atom stereocenters. The van der Waals surface area contributed by atoms with Gasteiger partial charge in [-0.3, -0.25) is 13.8 Å². The van der Waals surface area contributed by atoms with E-state index in [1.807, 2.05) is 21.1 Å². The molecular formula is C77H156N2O6P+. The molecule has 0 bridgehead atoms. The standard InChI is InChI=1S/C77H155N2O6P/c1-6-8-10-12-14-16-18-20-22-24-26-28-30-32-34-35-36-37-38-39-40-41-42-43-45-47-49-51-53-55-57-59-61-63-65-67-69-71-77(81)78-75(74-85-86(82,83)84-73-72-79(3,4)5)76(80)70-68-66-64-62-60-58-56-54-52-50-48-46-44-33-31-29-27-25-23-21-19-17-15-13-11-9-7-2/h24,26,75-76,80H,6-23,25,27-74H2,1-5H3,(H-,78,81,82,83)/p+1/b26-24-. The Morgan fingerprint density at radius 3 is 0.895 bits per heavy atom. The maximum Gasteiger partial charge on any atom is 0.472 e. The number of aliphatic hydroxyl groups is 1. The highest BCUT2D eigenvalue weighted by molar-refractivity contribution is 7.47. The topological polar surface area (TPSA) is 105 Å². The van der Waals surface area contributed by atoms with Gasteiger partial charge in [-0.15, -0.1) is 0 Å². The second-order valence-electron chi connectivity index (χ2n) is 28.4. The van der Waals surface area contributed by atoms with E-state index in [0.717, 1.165) is 38.5 Å². The highest BCUT2D eigenvalue weighted by atomic mass is 31.2. The fourth-order valence-corrected chi connectivity index (χ4v) is 13.2. The summed E-state index contributed by atoms with van der Waals surface area (Å²) >= 11 is 0. The van der Waals surface area contributed by atoms with Crippen LogP contribution in [0.5, 0.6) is 0 Å². The number of phosphoric ester groups is 1. The Morgan fingerprint density at radius 2 is 0.628 bits per heavy atom. The van der Waals surface area contributed by atoms with Crippen molar-refractivity contribution < 1.29 is 32.9 Å². The predicted molar refractivity (Wildman–Crippen MR) is 379 cm³/mol. The van der Waals surface area contributed by atoms with Crippen molar-refractivity contribution in [1.29, 1.82) is 0 Å². The maximum atomic E-state index is 13.1. The van der Waals surface area contributed by atoms with E-state index in [0.29, 0.717) is 23.9 Å². The van der Waals surface area contributed by atoms with Crippen molar-refractivity contribution in [3.05, 3.63) is 12.2 Å². The summed E-state index contributed by atoms with van der Waals surface area (Å²) in [5.41, 5.74) is 0. The monoisotopic (exact) mass is 1240 g/mol. The van der Waals surface area contributed by atoms with E-state index in [1.165, 1.54) is 360 Å². The number of nitrogens with zero attached hydrogens (tertiary/aromatic N) is 1. The van der Waals surface area contributed by atoms with Crippen LogP contribution in [-0.2, 0) is 18.4 Å². The fourth-order valence-electron chi connectivity index (χ4n) is 12.5. The molecule has 0 saturated carbocycles. The number of unbranched alkanes of at least 4 members (excludes halogenated alkanes) is 59. The molecule has 1 amide bonds. The Balaban J connectivity index is 3.90. The normalized spacial score (nSPS) is 13.5. The molecule has 3 unspecified atom stereocenters. The third-order valence-electron chi connectivity index (χ3n) is 18.5. The summed E-state index contributed by atoms with van der Waals surface area (Å²) in [5, 5.41) is 14.2. The summed E-state index contributed by atoms with van der Waals surface area (Å²) in [5.74, 6) is -0.133. The predicted octanol–water partition coefficient (Wildman–Crippen LogP) is 25.2. The number of carbonyl (C=O) groups is 1. The quantitative estimate of drug-likeness (QED) is 0.0243. The lowest BCUT2D eigenvalue weighted by molar-refractivity contribution is -0.870. The van der Waals surface area contributed by atoms with Gasteiger partial charge in [0.25, 0.3) is 0 Å². The number of hydrogen-bond donors (Lipinski definition) is 3. The summed E-state index contributed by atoms with van der Waals surface area (Å²) < 4.78 is 23.9. The van der Waals surface area contributed by atoms with E-state index in [2.05, 4.69) is 31.3 Å². The van der Waals surface area contributed by atoms with Crippen LogP contribution in [-0.4, -0.2) is 73.4 Å². The molecule has 0 rings (SSSR count). The molecule has 8 nitrogen and oxygen atoms in total. The summed E-state index contributed by atoms with van der Waals surface area (Å²) in [4.78, 5) is 23.5. The Morgan fingerprint density at radius 1 is 0.384 bits per heavy atom. The van der Waals surface area contributed by atoms with Crippen LogP contribution in [0.25, 0.3) is 0 Å². The van der Waals surface area contributed by atoms with Crippen LogP contribution >= 0.6 is 7.82 Å². The lowest BCUT2D eigenvalue weighted by Crippen LogP contribution is -2.46. The minimum atomic E-state index is -4.33. The molecule has 86 heavy (non-hydrogen) atoms. The second-order valence-corrected chi connectivity index (χ2v) is 29.9. The number of amides is 1. The van der Waals surface area contributed by atoms with Crippen LogP contribution in [0, 0.1) is 0 Å².